The molecule has 1 aliphatic carbocycles. The topological polar surface area (TPSA) is 71.1 Å². The van der Waals surface area contributed by atoms with Gasteiger partial charge in [0.15, 0.2) is 0 Å². The van der Waals surface area contributed by atoms with Crippen LogP contribution in [0, 0.1) is 5.92 Å². The van der Waals surface area contributed by atoms with Crippen LogP contribution in [0.4, 0.5) is 5.82 Å². The molecule has 2 rings (SSSR count). The Balaban J connectivity index is 1.96. The molecule has 2 N–H and O–H groups in total. The van der Waals surface area contributed by atoms with Crippen LogP contribution in [0.5, 0.6) is 0 Å². The molecule has 0 radical (unpaired) electrons. The third kappa shape index (κ3) is 4.68. The van der Waals surface area contributed by atoms with E-state index in [1.54, 1.807) is 6.07 Å². The molecule has 0 unspecified atom stereocenters. The second-order valence-corrected chi connectivity index (χ2v) is 6.50. The van der Waals surface area contributed by atoms with E-state index in [9.17, 15) is 9.59 Å². The van der Waals surface area contributed by atoms with Crippen LogP contribution in [-0.2, 0) is 9.59 Å². The number of rotatable bonds is 3. The Morgan fingerprint density at radius 2 is 2.19 bits per heavy atom. The number of hydrogen-bond acceptors (Lipinski definition) is 3. The molecular formula is C14H17BrClN3O2. The maximum absolute atomic E-state index is 12.3. The number of nitrogens with zero attached hydrogens (tertiary/aromatic N) is 1. The number of hydrogen-bond donors (Lipinski definition) is 2. The molecular weight excluding hydrogens is 358 g/mol. The second-order valence-electron chi connectivity index (χ2n) is 5.23. The van der Waals surface area contributed by atoms with E-state index in [1.807, 2.05) is 0 Å². The smallest absolute Gasteiger partial charge is 0.228 e. The van der Waals surface area contributed by atoms with Gasteiger partial charge in [0.1, 0.15) is 5.82 Å². The average molecular weight is 375 g/mol. The lowest BCUT2D eigenvalue weighted by atomic mass is 9.85. The van der Waals surface area contributed by atoms with Crippen LogP contribution in [0.25, 0.3) is 0 Å². The number of halogens is 2. The zero-order valence-electron chi connectivity index (χ0n) is 11.7. The van der Waals surface area contributed by atoms with Gasteiger partial charge < -0.3 is 10.6 Å². The van der Waals surface area contributed by atoms with Crippen molar-refractivity contribution in [2.24, 2.45) is 5.92 Å². The SMILES string of the molecule is CC(=O)N[C@@H]1CCC[C@H](C(=O)Nc2cc(Br)c(Cl)cn2)C1. The Morgan fingerprint density at radius 1 is 1.43 bits per heavy atom. The zero-order valence-corrected chi connectivity index (χ0v) is 14.0. The minimum absolute atomic E-state index is 0.0515. The monoisotopic (exact) mass is 373 g/mol. The van der Waals surface area contributed by atoms with Crippen molar-refractivity contribution in [3.63, 3.8) is 0 Å². The normalized spacial score (nSPS) is 21.7. The summed E-state index contributed by atoms with van der Waals surface area (Å²) in [7, 11) is 0. The van der Waals surface area contributed by atoms with Gasteiger partial charge in [0, 0.05) is 29.6 Å². The van der Waals surface area contributed by atoms with E-state index >= 15 is 0 Å². The van der Waals surface area contributed by atoms with Gasteiger partial charge in [-0.3, -0.25) is 9.59 Å². The first-order valence-corrected chi connectivity index (χ1v) is 8.02. The molecule has 0 bridgehead atoms. The summed E-state index contributed by atoms with van der Waals surface area (Å²) < 4.78 is 0.689. The van der Waals surface area contributed by atoms with Crippen molar-refractivity contribution in [1.29, 1.82) is 0 Å². The number of amides is 2. The molecule has 7 heteroatoms. The van der Waals surface area contributed by atoms with Crippen molar-refractivity contribution < 1.29 is 9.59 Å². The number of aromatic nitrogens is 1. The van der Waals surface area contributed by atoms with Gasteiger partial charge in [-0.1, -0.05) is 18.0 Å². The van der Waals surface area contributed by atoms with Gasteiger partial charge in [0.2, 0.25) is 11.8 Å². The highest BCUT2D eigenvalue weighted by Crippen LogP contribution is 2.27. The van der Waals surface area contributed by atoms with Gasteiger partial charge >= 0.3 is 0 Å². The quantitative estimate of drug-likeness (QED) is 0.854. The van der Waals surface area contributed by atoms with Crippen LogP contribution in [0.15, 0.2) is 16.7 Å². The molecule has 0 saturated heterocycles. The third-order valence-electron chi connectivity index (χ3n) is 3.51. The lowest BCUT2D eigenvalue weighted by molar-refractivity contribution is -0.123. The summed E-state index contributed by atoms with van der Waals surface area (Å²) in [6.45, 7) is 1.50. The predicted molar refractivity (Wildman–Crippen MR) is 85.1 cm³/mol. The van der Waals surface area contributed by atoms with Gasteiger partial charge in [0.25, 0.3) is 0 Å². The number of carbonyl (C=O) groups excluding carboxylic acids is 2. The average Bonchev–Trinajstić information content (AvgIpc) is 2.42. The Hall–Kier alpha value is -1.14. The van der Waals surface area contributed by atoms with Crippen molar-refractivity contribution in [2.75, 3.05) is 5.32 Å². The first kappa shape index (κ1) is 16.2. The largest absolute Gasteiger partial charge is 0.354 e. The maximum atomic E-state index is 12.3. The van der Waals surface area contributed by atoms with Crippen molar-refractivity contribution in [1.82, 2.24) is 10.3 Å². The molecule has 1 aromatic heterocycles. The maximum Gasteiger partial charge on any atom is 0.228 e. The molecule has 1 aliphatic rings. The molecule has 2 atom stereocenters. The molecule has 0 aromatic carbocycles. The van der Waals surface area contributed by atoms with Gasteiger partial charge in [0.05, 0.1) is 5.02 Å². The molecule has 2 amide bonds. The Morgan fingerprint density at radius 3 is 2.86 bits per heavy atom. The minimum Gasteiger partial charge on any atom is -0.354 e. The lowest BCUT2D eigenvalue weighted by Crippen LogP contribution is -2.40. The fourth-order valence-corrected chi connectivity index (χ4v) is 2.98. The van der Waals surface area contributed by atoms with Crippen molar-refractivity contribution in [3.05, 3.63) is 21.8 Å². The summed E-state index contributed by atoms with van der Waals surface area (Å²) in [4.78, 5) is 27.5. The van der Waals surface area contributed by atoms with E-state index < -0.39 is 0 Å². The van der Waals surface area contributed by atoms with Crippen molar-refractivity contribution >= 4 is 45.2 Å². The minimum atomic E-state index is -0.105. The molecule has 1 fully saturated rings. The molecule has 0 aliphatic heterocycles. The molecule has 1 aromatic rings. The number of nitrogens with one attached hydrogen (secondary N) is 2. The van der Waals surface area contributed by atoms with Gasteiger partial charge in [-0.05, 0) is 41.3 Å². The van der Waals surface area contributed by atoms with Gasteiger partial charge in [-0.2, -0.15) is 0 Å². The molecule has 114 valence electrons. The summed E-state index contributed by atoms with van der Waals surface area (Å²) in [5.41, 5.74) is 0. The van der Waals surface area contributed by atoms with Gasteiger partial charge in [-0.15, -0.1) is 0 Å². The first-order chi connectivity index (χ1) is 9.95. The van der Waals surface area contributed by atoms with E-state index in [4.69, 9.17) is 11.6 Å². The highest BCUT2D eigenvalue weighted by atomic mass is 79.9. The Kier molecular flexibility index (Phi) is 5.58. The molecule has 1 heterocycles. The summed E-state index contributed by atoms with van der Waals surface area (Å²) in [6.07, 6.45) is 4.84. The van der Waals surface area contributed by atoms with Crippen molar-refractivity contribution in [3.8, 4) is 0 Å². The zero-order chi connectivity index (χ0) is 15.4. The predicted octanol–water partition coefficient (Wildman–Crippen LogP) is 3.13. The van der Waals surface area contributed by atoms with E-state index in [0.717, 1.165) is 19.3 Å². The molecule has 1 saturated carbocycles. The van der Waals surface area contributed by atoms with E-state index in [1.165, 1.54) is 13.1 Å². The summed E-state index contributed by atoms with van der Waals surface area (Å²) in [5, 5.41) is 6.19. The van der Waals surface area contributed by atoms with E-state index in [0.29, 0.717) is 21.7 Å². The van der Waals surface area contributed by atoms with Crippen LogP contribution in [0.3, 0.4) is 0 Å². The highest BCUT2D eigenvalue weighted by Gasteiger charge is 2.27. The molecule has 0 spiro atoms. The Bertz CT molecular complexity index is 553. The van der Waals surface area contributed by atoms with Crippen LogP contribution in [0.1, 0.15) is 32.6 Å². The fraction of sp³-hybridized carbons (Fsp3) is 0.500. The number of anilines is 1. The van der Waals surface area contributed by atoms with E-state index in [2.05, 4.69) is 31.5 Å². The van der Waals surface area contributed by atoms with Gasteiger partial charge in [-0.25, -0.2) is 4.98 Å². The van der Waals surface area contributed by atoms with Crippen molar-refractivity contribution in [2.45, 2.75) is 38.6 Å². The summed E-state index contributed by atoms with van der Waals surface area (Å²) >= 11 is 9.17. The standard InChI is InChI=1S/C14H17BrClN3O2/c1-8(20)18-10-4-2-3-9(5-10)14(21)19-13-6-11(15)12(16)7-17-13/h6-7,9-10H,2-5H2,1H3,(H,18,20)(H,17,19,21)/t9-,10+/m0/s1. The van der Waals surface area contributed by atoms with Crippen LogP contribution in [-0.4, -0.2) is 22.8 Å². The number of carbonyl (C=O) groups is 2. The first-order valence-electron chi connectivity index (χ1n) is 6.84. The number of pyridine rings is 1. The summed E-state index contributed by atoms with van der Waals surface area (Å²) in [6, 6.07) is 1.76. The van der Waals surface area contributed by atoms with Crippen LogP contribution < -0.4 is 10.6 Å². The molecule has 21 heavy (non-hydrogen) atoms. The highest BCUT2D eigenvalue weighted by molar-refractivity contribution is 9.10. The Labute approximate surface area is 137 Å². The van der Waals surface area contributed by atoms with E-state index in [-0.39, 0.29) is 23.8 Å². The molecule has 5 nitrogen and oxygen atoms in total. The lowest BCUT2D eigenvalue weighted by Gasteiger charge is -2.28. The van der Waals surface area contributed by atoms with Crippen LogP contribution in [0.2, 0.25) is 5.02 Å². The van der Waals surface area contributed by atoms with Crippen LogP contribution >= 0.6 is 27.5 Å². The fourth-order valence-electron chi connectivity index (χ4n) is 2.56. The summed E-state index contributed by atoms with van der Waals surface area (Å²) in [5.74, 6) is 0.251. The third-order valence-corrected chi connectivity index (χ3v) is 4.70. The second kappa shape index (κ2) is 7.22.